The molecule has 0 atom stereocenters. The molecule has 17 heavy (non-hydrogen) atoms. The van der Waals surface area contributed by atoms with Crippen molar-refractivity contribution >= 4 is 38.1 Å². The summed E-state index contributed by atoms with van der Waals surface area (Å²) in [4.78, 5) is 20.4. The molecule has 0 heterocycles. The van der Waals surface area contributed by atoms with Crippen LogP contribution in [0.25, 0.3) is 0 Å². The summed E-state index contributed by atoms with van der Waals surface area (Å²) in [5.41, 5.74) is 0. The minimum atomic E-state index is -0.714. The molecule has 0 aliphatic rings. The summed E-state index contributed by atoms with van der Waals surface area (Å²) in [5.74, 6) is -1.43. The molecule has 0 aromatic rings. The van der Waals surface area contributed by atoms with Gasteiger partial charge in [0.25, 0.3) is 0 Å². The first-order valence-electron chi connectivity index (χ1n) is 6.06. The number of rotatable bonds is 11. The normalized spacial score (nSPS) is 9.65. The second kappa shape index (κ2) is 13.9. The summed E-state index contributed by atoms with van der Waals surface area (Å²) in [6.07, 6.45) is 8.51. The third-order valence-electron chi connectivity index (χ3n) is 2.53. The Kier molecular flexibility index (Phi) is 15.7. The molecular formula is C12H22BiO4. The Balaban J connectivity index is 0. The van der Waals surface area contributed by atoms with Crippen LogP contribution in [0, 0.1) is 0 Å². The Hall–Kier alpha value is -0.177. The minimum Gasteiger partial charge on any atom is -0.481 e. The smallest absolute Gasteiger partial charge is 0.303 e. The molecule has 0 bridgehead atoms. The van der Waals surface area contributed by atoms with Crippen molar-refractivity contribution in [2.75, 3.05) is 0 Å². The van der Waals surface area contributed by atoms with E-state index in [0.717, 1.165) is 51.4 Å². The van der Waals surface area contributed by atoms with E-state index < -0.39 is 11.9 Å². The number of aliphatic carboxylic acids is 2. The fourth-order valence-electron chi connectivity index (χ4n) is 1.61. The van der Waals surface area contributed by atoms with Crippen LogP contribution in [0.1, 0.15) is 64.2 Å². The van der Waals surface area contributed by atoms with Crippen molar-refractivity contribution in [1.82, 2.24) is 0 Å². The van der Waals surface area contributed by atoms with Crippen molar-refractivity contribution in [2.45, 2.75) is 64.2 Å². The molecule has 0 saturated heterocycles. The zero-order valence-corrected chi connectivity index (χ0v) is 13.7. The largest absolute Gasteiger partial charge is 0.481 e. The predicted molar refractivity (Wildman–Crippen MR) is 67.2 cm³/mol. The molecule has 0 aliphatic carbocycles. The molecule has 2 N–H and O–H groups in total. The number of hydrogen-bond acceptors (Lipinski definition) is 2. The fourth-order valence-corrected chi connectivity index (χ4v) is 1.61. The maximum Gasteiger partial charge on any atom is 0.303 e. The number of carboxylic acid groups (broad SMARTS) is 2. The predicted octanol–water partition coefficient (Wildman–Crippen LogP) is 2.68. The summed E-state index contributed by atoms with van der Waals surface area (Å²) in [7, 11) is 0. The molecule has 0 aliphatic heterocycles. The van der Waals surface area contributed by atoms with Crippen molar-refractivity contribution in [3.05, 3.63) is 0 Å². The standard InChI is InChI=1S/C12H22O4.Bi/c13-11(14)9-7-5-3-1-2-4-6-8-10-12(15)16;/h1-10H2,(H,13,14)(H,15,16);. The molecule has 5 heteroatoms. The molecule has 0 spiro atoms. The topological polar surface area (TPSA) is 74.6 Å². The monoisotopic (exact) mass is 439 g/mol. The summed E-state index contributed by atoms with van der Waals surface area (Å²) in [6, 6.07) is 0. The van der Waals surface area contributed by atoms with Crippen LogP contribution in [0.2, 0.25) is 0 Å². The first-order valence-corrected chi connectivity index (χ1v) is 6.06. The van der Waals surface area contributed by atoms with E-state index in [-0.39, 0.29) is 39.0 Å². The third-order valence-corrected chi connectivity index (χ3v) is 2.53. The van der Waals surface area contributed by atoms with Crippen LogP contribution in [-0.4, -0.2) is 48.4 Å². The van der Waals surface area contributed by atoms with Crippen LogP contribution in [0.15, 0.2) is 0 Å². The van der Waals surface area contributed by atoms with Crippen LogP contribution in [0.4, 0.5) is 0 Å². The molecular weight excluding hydrogens is 417 g/mol. The first-order chi connectivity index (χ1) is 7.63. The molecule has 99 valence electrons. The van der Waals surface area contributed by atoms with Gasteiger partial charge in [0, 0.05) is 39.0 Å². The maximum atomic E-state index is 10.2. The van der Waals surface area contributed by atoms with Gasteiger partial charge in [0.1, 0.15) is 0 Å². The molecule has 0 rings (SSSR count). The van der Waals surface area contributed by atoms with Crippen LogP contribution < -0.4 is 0 Å². The molecule has 0 aromatic heterocycles. The molecule has 0 fully saturated rings. The van der Waals surface area contributed by atoms with Crippen LogP contribution in [0.3, 0.4) is 0 Å². The van der Waals surface area contributed by atoms with Gasteiger partial charge in [0.2, 0.25) is 0 Å². The van der Waals surface area contributed by atoms with Crippen molar-refractivity contribution in [3.63, 3.8) is 0 Å². The third kappa shape index (κ3) is 18.4. The number of carbonyl (C=O) groups is 2. The van der Waals surface area contributed by atoms with Crippen molar-refractivity contribution in [3.8, 4) is 0 Å². The SMILES string of the molecule is O=C(O)CCCCCCCCCCC(=O)O.[Bi]. The van der Waals surface area contributed by atoms with Gasteiger partial charge >= 0.3 is 11.9 Å². The number of unbranched alkanes of at least 4 members (excludes halogenated alkanes) is 7. The van der Waals surface area contributed by atoms with Gasteiger partial charge < -0.3 is 10.2 Å². The Morgan fingerprint density at radius 1 is 0.588 bits per heavy atom. The fraction of sp³-hybridized carbons (Fsp3) is 0.833. The van der Waals surface area contributed by atoms with Crippen LogP contribution in [-0.2, 0) is 9.59 Å². The van der Waals surface area contributed by atoms with Gasteiger partial charge in [-0.05, 0) is 12.8 Å². The van der Waals surface area contributed by atoms with E-state index in [1.807, 2.05) is 0 Å². The van der Waals surface area contributed by atoms with E-state index >= 15 is 0 Å². The molecule has 4 nitrogen and oxygen atoms in total. The van der Waals surface area contributed by atoms with Crippen LogP contribution in [0.5, 0.6) is 0 Å². The zero-order chi connectivity index (χ0) is 12.2. The van der Waals surface area contributed by atoms with Gasteiger partial charge in [-0.3, -0.25) is 9.59 Å². The van der Waals surface area contributed by atoms with Crippen LogP contribution >= 0.6 is 0 Å². The second-order valence-electron chi connectivity index (χ2n) is 4.12. The summed E-state index contributed by atoms with van der Waals surface area (Å²) >= 11 is 0. The van der Waals surface area contributed by atoms with Crippen molar-refractivity contribution in [2.24, 2.45) is 0 Å². The van der Waals surface area contributed by atoms with E-state index in [0.29, 0.717) is 0 Å². The van der Waals surface area contributed by atoms with E-state index in [2.05, 4.69) is 0 Å². The van der Waals surface area contributed by atoms with E-state index in [1.165, 1.54) is 0 Å². The Labute approximate surface area is 122 Å². The molecule has 0 unspecified atom stereocenters. The van der Waals surface area contributed by atoms with Gasteiger partial charge in [-0.2, -0.15) is 0 Å². The van der Waals surface area contributed by atoms with Gasteiger partial charge in [0.05, 0.1) is 0 Å². The van der Waals surface area contributed by atoms with Gasteiger partial charge in [-0.1, -0.05) is 38.5 Å². The Morgan fingerprint density at radius 3 is 1.06 bits per heavy atom. The maximum absolute atomic E-state index is 10.2. The number of hydrogen-bond donors (Lipinski definition) is 2. The van der Waals surface area contributed by atoms with E-state index in [1.54, 1.807) is 0 Å². The van der Waals surface area contributed by atoms with E-state index in [9.17, 15) is 9.59 Å². The zero-order valence-electron chi connectivity index (χ0n) is 10.2. The molecule has 0 amide bonds. The summed E-state index contributed by atoms with van der Waals surface area (Å²) in [5, 5.41) is 16.8. The van der Waals surface area contributed by atoms with Gasteiger partial charge in [-0.15, -0.1) is 0 Å². The molecule has 3 radical (unpaired) electrons. The van der Waals surface area contributed by atoms with E-state index in [4.69, 9.17) is 10.2 Å². The average Bonchev–Trinajstić information content (AvgIpc) is 2.20. The minimum absolute atomic E-state index is 0. The molecule has 0 aromatic carbocycles. The van der Waals surface area contributed by atoms with Crippen molar-refractivity contribution in [1.29, 1.82) is 0 Å². The Bertz CT molecular complexity index is 185. The van der Waals surface area contributed by atoms with Crippen molar-refractivity contribution < 1.29 is 19.8 Å². The second-order valence-corrected chi connectivity index (χ2v) is 4.12. The van der Waals surface area contributed by atoms with Gasteiger partial charge in [0.15, 0.2) is 0 Å². The van der Waals surface area contributed by atoms with Gasteiger partial charge in [-0.25, -0.2) is 0 Å². The summed E-state index contributed by atoms with van der Waals surface area (Å²) < 4.78 is 0. The number of carboxylic acids is 2. The average molecular weight is 439 g/mol. The Morgan fingerprint density at radius 2 is 0.824 bits per heavy atom. The summed E-state index contributed by atoms with van der Waals surface area (Å²) in [6.45, 7) is 0. The quantitative estimate of drug-likeness (QED) is 0.384. The first kappa shape index (κ1) is 19.2. The molecule has 0 saturated carbocycles.